The summed E-state index contributed by atoms with van der Waals surface area (Å²) in [5.74, 6) is -9.01. The van der Waals surface area contributed by atoms with E-state index >= 15 is 0 Å². The molecule has 0 spiro atoms. The minimum Gasteiger partial charge on any atom is -0.456 e. The lowest BCUT2D eigenvalue weighted by atomic mass is 9.44. The molecule has 2 saturated carbocycles. The Labute approximate surface area is 606 Å². The highest BCUT2D eigenvalue weighted by atomic mass is 16.6. The average Bonchev–Trinajstić information content (AvgIpc) is 1.57. The number of piperidine rings is 1. The molecule has 30 heteroatoms. The molecular weight excluding hydrogens is 1360 g/mol. The first-order chi connectivity index (χ1) is 49.4. The van der Waals surface area contributed by atoms with Crippen molar-refractivity contribution in [2.24, 2.45) is 22.7 Å². The Bertz CT molecular complexity index is 4090. The number of amides is 7. The average molecular weight is 1450 g/mol. The highest BCUT2D eigenvalue weighted by molar-refractivity contribution is 6.43. The second-order valence-corrected chi connectivity index (χ2v) is 29.0. The Kier molecular flexibility index (Phi) is 24.3. The number of nitrogens with one attached hydrogen (secondary N) is 4. The van der Waals surface area contributed by atoms with Crippen LogP contribution < -0.4 is 21.3 Å². The Morgan fingerprint density at radius 1 is 0.810 bits per heavy atom. The minimum absolute atomic E-state index is 0.0637. The quantitative estimate of drug-likeness (QED) is 0.0196. The third-order valence-electron chi connectivity index (χ3n) is 20.0. The predicted octanol–water partition coefficient (Wildman–Crippen LogP) is 3.71. The lowest BCUT2D eigenvalue weighted by molar-refractivity contribution is -0.346. The lowest BCUT2D eigenvalue weighted by Gasteiger charge is -2.67. The molecule has 14 atom stereocenters. The number of aliphatic hydroxyl groups excluding tert-OH is 3. The van der Waals surface area contributed by atoms with Crippen LogP contribution >= 0.6 is 0 Å². The summed E-state index contributed by atoms with van der Waals surface area (Å²) in [5, 5.41) is 78.2. The van der Waals surface area contributed by atoms with Gasteiger partial charge in [0.15, 0.2) is 17.5 Å². The van der Waals surface area contributed by atoms with E-state index in [1.807, 2.05) is 44.2 Å². The van der Waals surface area contributed by atoms with E-state index in [0.29, 0.717) is 23.1 Å². The van der Waals surface area contributed by atoms with Gasteiger partial charge in [0.1, 0.15) is 53.4 Å². The number of fused-ring (bicyclic) bond motifs is 6. The summed E-state index contributed by atoms with van der Waals surface area (Å²) in [6.45, 7) is 15.6. The van der Waals surface area contributed by atoms with Crippen molar-refractivity contribution in [3.05, 3.63) is 179 Å². The zero-order chi connectivity index (χ0) is 76.8. The maximum atomic E-state index is 14.9. The second kappa shape index (κ2) is 32.2. The largest absolute Gasteiger partial charge is 0.475 e. The molecule has 4 aromatic carbocycles. The number of ketones is 1. The first-order valence-corrected chi connectivity index (χ1v) is 34.4. The number of nitrogens with zero attached hydrogens (tertiary/aromatic N) is 3. The first-order valence-electron chi connectivity index (χ1n) is 34.4. The number of imide groups is 2. The van der Waals surface area contributed by atoms with Gasteiger partial charge in [-0.2, -0.15) is 0 Å². The number of carbonyl (C=O) groups is 11. The smallest absolute Gasteiger partial charge is 0.456 e. The monoisotopic (exact) mass is 1450 g/mol. The van der Waals surface area contributed by atoms with Crippen molar-refractivity contribution in [1.82, 2.24) is 36.1 Å². The molecule has 1 aromatic heterocycles. The van der Waals surface area contributed by atoms with E-state index in [4.69, 9.17) is 23.7 Å². The summed E-state index contributed by atoms with van der Waals surface area (Å²) >= 11 is 0. The number of benzene rings is 4. The van der Waals surface area contributed by atoms with Crippen molar-refractivity contribution in [2.75, 3.05) is 6.61 Å². The molecule has 2 saturated heterocycles. The van der Waals surface area contributed by atoms with Gasteiger partial charge in [0.2, 0.25) is 17.7 Å². The van der Waals surface area contributed by atoms with Crippen molar-refractivity contribution in [2.45, 2.75) is 185 Å². The van der Waals surface area contributed by atoms with Gasteiger partial charge in [-0.1, -0.05) is 119 Å². The minimum atomic E-state index is -2.35. The molecule has 3 aliphatic carbocycles. The van der Waals surface area contributed by atoms with Crippen LogP contribution in [-0.4, -0.2) is 196 Å². The normalized spacial score (nSPS) is 26.1. The molecule has 105 heavy (non-hydrogen) atoms. The number of rotatable bonds is 18. The van der Waals surface area contributed by atoms with Crippen molar-refractivity contribution in [3.63, 3.8) is 0 Å². The van der Waals surface area contributed by atoms with Gasteiger partial charge in [-0.05, 0) is 99.9 Å². The Morgan fingerprint density at radius 3 is 1.95 bits per heavy atom. The molecule has 0 radical (unpaired) electrons. The molecule has 558 valence electrons. The number of ether oxygens (including phenoxy) is 5. The molecule has 4 fully saturated rings. The van der Waals surface area contributed by atoms with E-state index in [9.17, 15) is 83.2 Å². The number of carbonyl (C=O) groups excluding carboxylic acids is 11. The van der Waals surface area contributed by atoms with Crippen molar-refractivity contribution < 1.29 is 107 Å². The van der Waals surface area contributed by atoms with Gasteiger partial charge in [-0.15, -0.1) is 0 Å². The summed E-state index contributed by atoms with van der Waals surface area (Å²) < 4.78 is 29.5. The fraction of sp³-hybridized carbons (Fsp3) is 0.453. The Hall–Kier alpha value is -9.95. The lowest BCUT2D eigenvalue weighted by Crippen LogP contribution is -2.81. The summed E-state index contributed by atoms with van der Waals surface area (Å²) in [5.41, 5.74) is -6.58. The van der Waals surface area contributed by atoms with Gasteiger partial charge < -0.3 is 70.1 Å². The molecule has 10 N–H and O–H groups in total. The van der Waals surface area contributed by atoms with E-state index < -0.39 is 167 Å². The van der Waals surface area contributed by atoms with Gasteiger partial charge in [0, 0.05) is 50.4 Å². The highest BCUT2D eigenvalue weighted by Crippen LogP contribution is 2.64. The van der Waals surface area contributed by atoms with E-state index in [-0.39, 0.29) is 66.5 Å². The number of alkyl carbamates (subject to hydrolysis) is 1. The summed E-state index contributed by atoms with van der Waals surface area (Å²) in [6, 6.07) is 28.5. The van der Waals surface area contributed by atoms with Crippen molar-refractivity contribution >= 4 is 72.3 Å². The van der Waals surface area contributed by atoms with Crippen LogP contribution in [0, 0.1) is 22.7 Å². The second-order valence-electron chi connectivity index (χ2n) is 29.0. The van der Waals surface area contributed by atoms with Crippen LogP contribution in [0.4, 0.5) is 4.79 Å². The number of hydrogen-bond donors (Lipinski definition) is 10. The van der Waals surface area contributed by atoms with E-state index in [0.717, 1.165) is 17.4 Å². The number of esters is 3. The van der Waals surface area contributed by atoms with E-state index in [2.05, 4.69) is 31.2 Å². The van der Waals surface area contributed by atoms with Crippen LogP contribution in [0.5, 0.6) is 0 Å². The van der Waals surface area contributed by atoms with Gasteiger partial charge in [0.05, 0.1) is 58.9 Å². The van der Waals surface area contributed by atoms with Gasteiger partial charge in [0.25, 0.3) is 17.7 Å². The standard InChI is InChI=1S/C43H53NO14.C19H25BN4O4.C13H10N2O4/c1-22-26(55-37(51)32(48)30(24-15-11-9-12-16-24)44-38(52)58-39(3,4)5)20-43(53)35(56-36(50)25-17-13-10-14-18-25)33-41(8,34(49)31(47)29(22)40(43,6)7)27(46)19-28-42(33,21-54-28)57-23(2)45;1-13(2)10-17(20(27)28)24-18(25)15(11-14-6-4-3-5-7-14)23-19(26)16-12-21-8-9-22-16;16-10-6-5-9(11(17)14-10)15-12(18)7-3-1-2-4-8(7)13(15)19/h9-18,26-28,30-33,35,46-48,53H,19-21H2,1-8H3,(H,44,52);3-9,12-13,15,17,27-28H,10-11H2,1-2H3,(H,23,26)(H,24,25);1-4,9H,5-6H2,(H,14,16,17)/t26-,27-,28+,30-,31+,32+,33-,35-,41+,42-,43+;15-,17-;/m00./s1. The summed E-state index contributed by atoms with van der Waals surface area (Å²) in [6.07, 6.45) is -6.39. The third kappa shape index (κ3) is 16.8. The van der Waals surface area contributed by atoms with Crippen LogP contribution in [0.25, 0.3) is 0 Å². The highest BCUT2D eigenvalue weighted by Gasteiger charge is 2.78. The molecule has 4 heterocycles. The zero-order valence-corrected chi connectivity index (χ0v) is 59.7. The number of aliphatic hydroxyl groups is 4. The zero-order valence-electron chi connectivity index (χ0n) is 59.7. The molecule has 2 bridgehead atoms. The number of Topliss-reactive ketones (excluding diaryl/α,β-unsaturated/α-hetero) is 1. The molecule has 3 aliphatic heterocycles. The number of hydrogen-bond acceptors (Lipinski definition) is 24. The maximum absolute atomic E-state index is 14.9. The van der Waals surface area contributed by atoms with Crippen molar-refractivity contribution in [1.29, 1.82) is 0 Å². The van der Waals surface area contributed by atoms with Crippen LogP contribution in [0.3, 0.4) is 0 Å². The van der Waals surface area contributed by atoms with E-state index in [1.54, 1.807) is 107 Å². The molecule has 6 aliphatic rings. The third-order valence-corrected chi connectivity index (χ3v) is 20.0. The molecular formula is C75H88BN7O22. The van der Waals surface area contributed by atoms with E-state index in [1.165, 1.54) is 44.6 Å². The van der Waals surface area contributed by atoms with Crippen LogP contribution in [0.2, 0.25) is 0 Å². The maximum Gasteiger partial charge on any atom is 0.475 e. The predicted molar refractivity (Wildman–Crippen MR) is 372 cm³/mol. The SMILES string of the molecule is CC(=O)O[C@@]12CO[C@@H]1C[C@H](O)[C@@]1(C)C(=O)[C@H](O)C3=C(C)[C@@H](OC(=O)[C@H](O)[C@@H](NC(=O)OC(C)(C)C)c4ccccc4)C[C@@](O)([C@@H](OC(=O)c4ccccc4)[C@H]21)C3(C)C.CC(C)C[C@H](NC(=O)[C@H](Cc1ccccc1)NC(=O)c1cnccn1)B(O)O.O=C1CCC(N2C(=O)c3ccccc3C2=O)C(=O)N1. The fourth-order valence-electron chi connectivity index (χ4n) is 14.7. The van der Waals surface area contributed by atoms with Gasteiger partial charge >= 0.3 is 31.1 Å². The molecule has 5 aromatic rings. The Morgan fingerprint density at radius 2 is 1.41 bits per heavy atom. The topological polar surface area (TPSA) is 432 Å². The molecule has 1 unspecified atom stereocenters. The van der Waals surface area contributed by atoms with Gasteiger partial charge in [-0.25, -0.2) is 19.4 Å². The van der Waals surface area contributed by atoms with Crippen LogP contribution in [0.15, 0.2) is 145 Å². The molecule has 11 rings (SSSR count). The Balaban J connectivity index is 0.000000222. The molecule has 7 amide bonds. The van der Waals surface area contributed by atoms with Gasteiger partial charge in [-0.3, -0.25) is 53.6 Å². The summed E-state index contributed by atoms with van der Waals surface area (Å²) in [4.78, 5) is 150. The molecule has 29 nitrogen and oxygen atoms in total. The van der Waals surface area contributed by atoms with Crippen molar-refractivity contribution in [3.8, 4) is 0 Å². The first kappa shape index (κ1) is 79.2. The number of aromatic nitrogens is 2. The van der Waals surface area contributed by atoms with Crippen LogP contribution in [0.1, 0.15) is 160 Å². The summed E-state index contributed by atoms with van der Waals surface area (Å²) in [7, 11) is -1.69. The fourth-order valence-corrected chi connectivity index (χ4v) is 14.7. The van der Waals surface area contributed by atoms with Crippen LogP contribution in [-0.2, 0) is 58.9 Å².